The molecule has 8 heteroatoms. The minimum Gasteiger partial charge on any atom is -0.465 e. The van der Waals surface area contributed by atoms with E-state index in [1.807, 2.05) is 20.8 Å². The smallest absolute Gasteiger partial charge is 0.341 e. The molecule has 0 radical (unpaired) electrons. The number of ether oxygens (including phenoxy) is 1. The lowest BCUT2D eigenvalue weighted by atomic mass is 10.2. The zero-order valence-corrected chi connectivity index (χ0v) is 17.0. The lowest BCUT2D eigenvalue weighted by molar-refractivity contribution is 0.0599. The number of fused-ring (bicyclic) bond motifs is 1. The van der Waals surface area contributed by atoms with Crippen molar-refractivity contribution in [2.45, 2.75) is 45.1 Å². The highest BCUT2D eigenvalue weighted by atomic mass is 32.2. The van der Waals surface area contributed by atoms with Crippen LogP contribution in [0.25, 0.3) is 10.2 Å². The van der Waals surface area contributed by atoms with Gasteiger partial charge in [-0.1, -0.05) is 11.8 Å². The third kappa shape index (κ3) is 3.19. The normalized spacial score (nSPS) is 11.3. The molecule has 0 aliphatic carbocycles. The number of methoxy groups -OCH3 is 1. The topological polar surface area (TPSA) is 74.3 Å². The maximum Gasteiger partial charge on any atom is 0.341 e. The Labute approximate surface area is 159 Å². The maximum absolute atomic E-state index is 12.8. The minimum absolute atomic E-state index is 0.00674. The number of esters is 1. The second-order valence-corrected chi connectivity index (χ2v) is 8.02. The van der Waals surface area contributed by atoms with Crippen LogP contribution in [0.5, 0.6) is 0 Å². The SMILES string of the molecule is CCn1c(SCc2cc(C(=O)OC)c(C)o2)nc2sc(C)c(C)c2c1=O. The maximum atomic E-state index is 12.8. The molecule has 0 fully saturated rings. The average molecular weight is 393 g/mol. The van der Waals surface area contributed by atoms with Crippen LogP contribution in [0.3, 0.4) is 0 Å². The zero-order valence-electron chi connectivity index (χ0n) is 15.3. The third-order valence-electron chi connectivity index (χ3n) is 4.29. The number of hydrogen-bond acceptors (Lipinski definition) is 7. The molecule has 3 rings (SSSR count). The molecule has 3 aromatic heterocycles. The van der Waals surface area contributed by atoms with Crippen molar-refractivity contribution in [2.75, 3.05) is 7.11 Å². The Morgan fingerprint density at radius 1 is 1.38 bits per heavy atom. The molecule has 0 aliphatic rings. The van der Waals surface area contributed by atoms with E-state index in [0.29, 0.717) is 39.9 Å². The van der Waals surface area contributed by atoms with Gasteiger partial charge in [-0.25, -0.2) is 9.78 Å². The third-order valence-corrected chi connectivity index (χ3v) is 6.39. The van der Waals surface area contributed by atoms with Gasteiger partial charge in [0.1, 0.15) is 21.9 Å². The van der Waals surface area contributed by atoms with Crippen LogP contribution in [-0.2, 0) is 17.0 Å². The predicted octanol–water partition coefficient (Wildman–Crippen LogP) is 4.08. The standard InChI is InChI=1S/C18H20N2O4S2/c1-6-20-16(21)14-9(2)11(4)26-15(14)19-18(20)25-8-12-7-13(10(3)24-12)17(22)23-5/h7H,6,8H2,1-5H3. The highest BCUT2D eigenvalue weighted by Crippen LogP contribution is 2.30. The van der Waals surface area contributed by atoms with Gasteiger partial charge in [0, 0.05) is 11.4 Å². The first-order valence-corrected chi connectivity index (χ1v) is 9.98. The fraction of sp³-hybridized carbons (Fsp3) is 0.389. The first-order chi connectivity index (χ1) is 12.4. The first-order valence-electron chi connectivity index (χ1n) is 8.18. The number of rotatable bonds is 5. The number of thiophene rings is 1. The summed E-state index contributed by atoms with van der Waals surface area (Å²) in [4.78, 5) is 31.1. The van der Waals surface area contributed by atoms with Crippen molar-refractivity contribution in [1.29, 1.82) is 0 Å². The van der Waals surface area contributed by atoms with Gasteiger partial charge in [0.05, 0.1) is 18.2 Å². The Bertz CT molecular complexity index is 1050. The van der Waals surface area contributed by atoms with Crippen LogP contribution < -0.4 is 5.56 Å². The molecular weight excluding hydrogens is 372 g/mol. The van der Waals surface area contributed by atoms with E-state index in [4.69, 9.17) is 14.1 Å². The molecule has 0 spiro atoms. The summed E-state index contributed by atoms with van der Waals surface area (Å²) in [5.74, 6) is 1.22. The Kier molecular flexibility index (Phi) is 5.24. The molecule has 0 aliphatic heterocycles. The zero-order chi connectivity index (χ0) is 19.0. The molecule has 138 valence electrons. The largest absolute Gasteiger partial charge is 0.465 e. The van der Waals surface area contributed by atoms with Gasteiger partial charge in [-0.3, -0.25) is 9.36 Å². The Morgan fingerprint density at radius 3 is 2.77 bits per heavy atom. The quantitative estimate of drug-likeness (QED) is 0.370. The van der Waals surface area contributed by atoms with Crippen LogP contribution in [-0.4, -0.2) is 22.6 Å². The summed E-state index contributed by atoms with van der Waals surface area (Å²) < 4.78 is 12.1. The van der Waals surface area contributed by atoms with Crippen LogP contribution in [0.2, 0.25) is 0 Å². The highest BCUT2D eigenvalue weighted by molar-refractivity contribution is 7.98. The second kappa shape index (κ2) is 7.28. The van der Waals surface area contributed by atoms with Gasteiger partial charge >= 0.3 is 5.97 Å². The summed E-state index contributed by atoms with van der Waals surface area (Å²) in [6.07, 6.45) is 0. The summed E-state index contributed by atoms with van der Waals surface area (Å²) >= 11 is 2.96. The molecule has 0 N–H and O–H groups in total. The van der Waals surface area contributed by atoms with Gasteiger partial charge in [0.2, 0.25) is 0 Å². The van der Waals surface area contributed by atoms with Crippen molar-refractivity contribution in [1.82, 2.24) is 9.55 Å². The number of aromatic nitrogens is 2. The van der Waals surface area contributed by atoms with E-state index in [2.05, 4.69) is 0 Å². The number of furan rings is 1. The van der Waals surface area contributed by atoms with E-state index in [9.17, 15) is 9.59 Å². The molecule has 0 saturated heterocycles. The van der Waals surface area contributed by atoms with Gasteiger partial charge in [-0.15, -0.1) is 11.3 Å². The molecule has 0 atom stereocenters. The lowest BCUT2D eigenvalue weighted by Gasteiger charge is -2.09. The van der Waals surface area contributed by atoms with E-state index in [1.54, 1.807) is 17.6 Å². The second-order valence-electron chi connectivity index (χ2n) is 5.87. The number of carbonyl (C=O) groups is 1. The molecule has 0 bridgehead atoms. The van der Waals surface area contributed by atoms with Crippen molar-refractivity contribution in [2.24, 2.45) is 0 Å². The lowest BCUT2D eigenvalue weighted by Crippen LogP contribution is -2.22. The average Bonchev–Trinajstić information content (AvgIpc) is 3.12. The molecule has 3 heterocycles. The van der Waals surface area contributed by atoms with Crippen molar-refractivity contribution < 1.29 is 13.9 Å². The van der Waals surface area contributed by atoms with E-state index < -0.39 is 5.97 Å². The number of aryl methyl sites for hydroxylation is 3. The Hall–Kier alpha value is -2.06. The fourth-order valence-corrected chi connectivity index (χ4v) is 4.78. The minimum atomic E-state index is -0.419. The van der Waals surface area contributed by atoms with E-state index in [-0.39, 0.29) is 5.56 Å². The van der Waals surface area contributed by atoms with Crippen LogP contribution >= 0.6 is 23.1 Å². The van der Waals surface area contributed by atoms with Crippen LogP contribution in [0.15, 0.2) is 20.4 Å². The Morgan fingerprint density at radius 2 is 2.12 bits per heavy atom. The van der Waals surface area contributed by atoms with Gasteiger partial charge in [0.25, 0.3) is 5.56 Å². The molecule has 0 amide bonds. The van der Waals surface area contributed by atoms with E-state index in [0.717, 1.165) is 15.3 Å². The Balaban J connectivity index is 1.94. The van der Waals surface area contributed by atoms with Crippen molar-refractivity contribution >= 4 is 39.3 Å². The molecular formula is C18H20N2O4S2. The fourth-order valence-electron chi connectivity index (χ4n) is 2.76. The van der Waals surface area contributed by atoms with E-state index >= 15 is 0 Å². The summed E-state index contributed by atoms with van der Waals surface area (Å²) in [7, 11) is 1.34. The van der Waals surface area contributed by atoms with Crippen LogP contribution in [0, 0.1) is 20.8 Å². The molecule has 26 heavy (non-hydrogen) atoms. The van der Waals surface area contributed by atoms with Crippen LogP contribution in [0.4, 0.5) is 0 Å². The predicted molar refractivity (Wildman–Crippen MR) is 103 cm³/mol. The molecule has 0 saturated carbocycles. The number of carbonyl (C=O) groups excluding carboxylic acids is 1. The van der Waals surface area contributed by atoms with Gasteiger partial charge in [0.15, 0.2) is 5.16 Å². The van der Waals surface area contributed by atoms with Crippen molar-refractivity contribution in [3.05, 3.63) is 43.9 Å². The highest BCUT2D eigenvalue weighted by Gasteiger charge is 2.18. The van der Waals surface area contributed by atoms with E-state index in [1.165, 1.54) is 30.2 Å². The number of thioether (sulfide) groups is 1. The molecule has 0 aromatic carbocycles. The molecule has 3 aromatic rings. The molecule has 6 nitrogen and oxygen atoms in total. The first kappa shape index (κ1) is 18.7. The summed E-state index contributed by atoms with van der Waals surface area (Å²) in [6.45, 7) is 8.17. The van der Waals surface area contributed by atoms with Gasteiger partial charge < -0.3 is 9.15 Å². The van der Waals surface area contributed by atoms with Crippen molar-refractivity contribution in [3.8, 4) is 0 Å². The monoisotopic (exact) mass is 392 g/mol. The summed E-state index contributed by atoms with van der Waals surface area (Å²) in [5, 5.41) is 1.36. The summed E-state index contributed by atoms with van der Waals surface area (Å²) in [5.41, 5.74) is 1.42. The van der Waals surface area contributed by atoms with Crippen molar-refractivity contribution in [3.63, 3.8) is 0 Å². The summed E-state index contributed by atoms with van der Waals surface area (Å²) in [6, 6.07) is 1.68. The van der Waals surface area contributed by atoms with Gasteiger partial charge in [-0.05, 0) is 39.3 Å². The molecule has 0 unspecified atom stereocenters. The van der Waals surface area contributed by atoms with Crippen LogP contribution in [0.1, 0.15) is 39.2 Å². The number of hydrogen-bond donors (Lipinski definition) is 0. The van der Waals surface area contributed by atoms with Gasteiger partial charge in [-0.2, -0.15) is 0 Å². The number of nitrogens with zero attached hydrogens (tertiary/aromatic N) is 2.